The number of amides is 1. The van der Waals surface area contributed by atoms with Gasteiger partial charge in [-0.05, 0) is 24.3 Å². The van der Waals surface area contributed by atoms with Crippen LogP contribution < -0.4 is 5.32 Å². The van der Waals surface area contributed by atoms with Crippen molar-refractivity contribution in [3.63, 3.8) is 0 Å². The molecular formula is C13H8BrFN2O3. The Morgan fingerprint density at radius 3 is 2.65 bits per heavy atom. The van der Waals surface area contributed by atoms with Crippen LogP contribution in [-0.4, -0.2) is 22.0 Å². The molecule has 0 saturated heterocycles. The molecule has 0 fully saturated rings. The van der Waals surface area contributed by atoms with Gasteiger partial charge < -0.3 is 10.4 Å². The molecule has 20 heavy (non-hydrogen) atoms. The molecule has 1 amide bonds. The smallest absolute Gasteiger partial charge is 0.337 e. The second-order valence-electron chi connectivity index (χ2n) is 3.80. The van der Waals surface area contributed by atoms with Crippen LogP contribution in [-0.2, 0) is 0 Å². The van der Waals surface area contributed by atoms with Gasteiger partial charge in [0.05, 0.1) is 23.0 Å². The fraction of sp³-hybridized carbons (Fsp3) is 0. The van der Waals surface area contributed by atoms with E-state index in [2.05, 4.69) is 26.2 Å². The number of nitrogens with zero attached hydrogens (tertiary/aromatic N) is 1. The number of carboxylic acids is 1. The topological polar surface area (TPSA) is 79.3 Å². The molecule has 0 atom stereocenters. The summed E-state index contributed by atoms with van der Waals surface area (Å²) in [5.74, 6) is -2.72. The highest BCUT2D eigenvalue weighted by atomic mass is 79.9. The van der Waals surface area contributed by atoms with Crippen LogP contribution in [0.3, 0.4) is 0 Å². The number of anilines is 1. The predicted molar refractivity (Wildman–Crippen MR) is 73.2 cm³/mol. The molecule has 2 rings (SSSR count). The number of nitrogens with one attached hydrogen (secondary N) is 1. The summed E-state index contributed by atoms with van der Waals surface area (Å²) in [6.45, 7) is 0. The molecule has 1 aromatic heterocycles. The number of aromatic nitrogens is 1. The van der Waals surface area contributed by atoms with Crippen molar-refractivity contribution in [1.82, 2.24) is 4.98 Å². The molecule has 0 bridgehead atoms. The molecular weight excluding hydrogens is 331 g/mol. The Kier molecular flexibility index (Phi) is 4.09. The van der Waals surface area contributed by atoms with Crippen LogP contribution in [0.4, 0.5) is 10.1 Å². The molecule has 102 valence electrons. The van der Waals surface area contributed by atoms with Crippen LogP contribution in [0.1, 0.15) is 20.7 Å². The molecule has 0 saturated carbocycles. The lowest BCUT2D eigenvalue weighted by atomic mass is 10.1. The van der Waals surface area contributed by atoms with Gasteiger partial charge in [-0.3, -0.25) is 9.78 Å². The standard InChI is InChI=1S/C13H8BrFN2O3/c14-7-1-2-11(9(5-7)13(19)20)17-12(18)8-3-4-16-6-10(8)15/h1-6H,(H,17,18)(H,19,20). The molecule has 0 aliphatic rings. The Morgan fingerprint density at radius 1 is 1.25 bits per heavy atom. The van der Waals surface area contributed by atoms with Gasteiger partial charge in [-0.1, -0.05) is 15.9 Å². The van der Waals surface area contributed by atoms with Crippen molar-refractivity contribution in [3.8, 4) is 0 Å². The molecule has 1 aromatic carbocycles. The van der Waals surface area contributed by atoms with Crippen molar-refractivity contribution in [1.29, 1.82) is 0 Å². The first kappa shape index (κ1) is 14.1. The summed E-state index contributed by atoms with van der Waals surface area (Å²) in [6, 6.07) is 5.56. The molecule has 1 heterocycles. The number of aromatic carboxylic acids is 1. The Bertz CT molecular complexity index is 691. The van der Waals surface area contributed by atoms with Crippen molar-refractivity contribution in [2.24, 2.45) is 0 Å². The maximum absolute atomic E-state index is 13.4. The number of benzene rings is 1. The highest BCUT2D eigenvalue weighted by molar-refractivity contribution is 9.10. The van der Waals surface area contributed by atoms with Crippen LogP contribution in [0.2, 0.25) is 0 Å². The molecule has 0 radical (unpaired) electrons. The molecule has 0 aliphatic heterocycles. The summed E-state index contributed by atoms with van der Waals surface area (Å²) >= 11 is 3.14. The number of carbonyl (C=O) groups is 2. The third-order valence-electron chi connectivity index (χ3n) is 2.48. The number of halogens is 2. The van der Waals surface area contributed by atoms with E-state index in [1.165, 1.54) is 24.4 Å². The van der Waals surface area contributed by atoms with E-state index in [4.69, 9.17) is 5.11 Å². The van der Waals surface area contributed by atoms with E-state index in [1.807, 2.05) is 0 Å². The van der Waals surface area contributed by atoms with Gasteiger partial charge in [-0.25, -0.2) is 9.18 Å². The van der Waals surface area contributed by atoms with Gasteiger partial charge in [0, 0.05) is 10.7 Å². The van der Waals surface area contributed by atoms with E-state index in [1.54, 1.807) is 6.07 Å². The van der Waals surface area contributed by atoms with Gasteiger partial charge in [0.25, 0.3) is 5.91 Å². The fourth-order valence-corrected chi connectivity index (χ4v) is 1.91. The summed E-state index contributed by atoms with van der Waals surface area (Å²) in [6.07, 6.45) is 2.19. The summed E-state index contributed by atoms with van der Waals surface area (Å²) < 4.78 is 14.0. The monoisotopic (exact) mass is 338 g/mol. The highest BCUT2D eigenvalue weighted by Crippen LogP contribution is 2.22. The van der Waals surface area contributed by atoms with Gasteiger partial charge in [0.15, 0.2) is 5.82 Å². The van der Waals surface area contributed by atoms with Gasteiger partial charge >= 0.3 is 5.97 Å². The van der Waals surface area contributed by atoms with Crippen molar-refractivity contribution in [2.45, 2.75) is 0 Å². The fourth-order valence-electron chi connectivity index (χ4n) is 1.55. The zero-order valence-electron chi connectivity index (χ0n) is 9.93. The first-order valence-electron chi connectivity index (χ1n) is 5.42. The zero-order valence-corrected chi connectivity index (χ0v) is 11.5. The molecule has 7 heteroatoms. The molecule has 0 unspecified atom stereocenters. The van der Waals surface area contributed by atoms with E-state index in [9.17, 15) is 14.0 Å². The van der Waals surface area contributed by atoms with E-state index >= 15 is 0 Å². The Hall–Kier alpha value is -2.28. The minimum atomic E-state index is -1.20. The minimum absolute atomic E-state index is 0.0851. The van der Waals surface area contributed by atoms with E-state index in [0.29, 0.717) is 4.47 Å². The van der Waals surface area contributed by atoms with Crippen LogP contribution in [0.15, 0.2) is 41.1 Å². The second kappa shape index (κ2) is 5.79. The van der Waals surface area contributed by atoms with Gasteiger partial charge in [0.2, 0.25) is 0 Å². The van der Waals surface area contributed by atoms with Crippen LogP contribution in [0.25, 0.3) is 0 Å². The quantitative estimate of drug-likeness (QED) is 0.901. The van der Waals surface area contributed by atoms with E-state index in [0.717, 1.165) is 6.20 Å². The van der Waals surface area contributed by atoms with Gasteiger partial charge in [-0.2, -0.15) is 0 Å². The number of hydrogen-bond acceptors (Lipinski definition) is 3. The third-order valence-corrected chi connectivity index (χ3v) is 2.97. The van der Waals surface area contributed by atoms with E-state index < -0.39 is 17.7 Å². The SMILES string of the molecule is O=C(Nc1ccc(Br)cc1C(=O)O)c1ccncc1F. The Balaban J connectivity index is 2.33. The largest absolute Gasteiger partial charge is 0.478 e. The van der Waals surface area contributed by atoms with Gasteiger partial charge in [0.1, 0.15) is 0 Å². The van der Waals surface area contributed by atoms with Crippen molar-refractivity contribution < 1.29 is 19.1 Å². The van der Waals surface area contributed by atoms with Crippen molar-refractivity contribution in [2.75, 3.05) is 5.32 Å². The van der Waals surface area contributed by atoms with Crippen LogP contribution in [0.5, 0.6) is 0 Å². The van der Waals surface area contributed by atoms with Crippen molar-refractivity contribution in [3.05, 3.63) is 58.1 Å². The lowest BCUT2D eigenvalue weighted by Crippen LogP contribution is -2.16. The summed E-state index contributed by atoms with van der Waals surface area (Å²) in [4.78, 5) is 26.6. The van der Waals surface area contributed by atoms with E-state index in [-0.39, 0.29) is 16.8 Å². The first-order valence-corrected chi connectivity index (χ1v) is 6.22. The molecule has 0 spiro atoms. The number of pyridine rings is 1. The summed E-state index contributed by atoms with van der Waals surface area (Å²) in [7, 11) is 0. The van der Waals surface area contributed by atoms with Crippen molar-refractivity contribution >= 4 is 33.5 Å². The van der Waals surface area contributed by atoms with Crippen LogP contribution >= 0.6 is 15.9 Å². The van der Waals surface area contributed by atoms with Crippen LogP contribution in [0, 0.1) is 5.82 Å². The lowest BCUT2D eigenvalue weighted by molar-refractivity contribution is 0.0698. The number of carboxylic acid groups (broad SMARTS) is 1. The highest BCUT2D eigenvalue weighted by Gasteiger charge is 2.16. The average Bonchev–Trinajstić information content (AvgIpc) is 2.41. The molecule has 0 aliphatic carbocycles. The zero-order chi connectivity index (χ0) is 14.7. The third kappa shape index (κ3) is 3.00. The maximum atomic E-state index is 13.4. The van der Waals surface area contributed by atoms with Gasteiger partial charge in [-0.15, -0.1) is 0 Å². The molecule has 5 nitrogen and oxygen atoms in total. The Labute approximate surface area is 121 Å². The minimum Gasteiger partial charge on any atom is -0.478 e. The number of hydrogen-bond donors (Lipinski definition) is 2. The first-order chi connectivity index (χ1) is 9.49. The number of rotatable bonds is 3. The molecule has 2 aromatic rings. The number of carbonyl (C=O) groups excluding carboxylic acids is 1. The maximum Gasteiger partial charge on any atom is 0.337 e. The Morgan fingerprint density at radius 2 is 2.00 bits per heavy atom. The summed E-state index contributed by atoms with van der Waals surface area (Å²) in [5.41, 5.74) is -0.219. The summed E-state index contributed by atoms with van der Waals surface area (Å²) in [5, 5.41) is 11.4. The molecule has 2 N–H and O–H groups in total. The average molecular weight is 339 g/mol. The predicted octanol–water partition coefficient (Wildman–Crippen LogP) is 2.93. The second-order valence-corrected chi connectivity index (χ2v) is 4.72. The normalized spacial score (nSPS) is 10.1. The lowest BCUT2D eigenvalue weighted by Gasteiger charge is -2.09.